The summed E-state index contributed by atoms with van der Waals surface area (Å²) in [6, 6.07) is 8.01. The van der Waals surface area contributed by atoms with E-state index in [1.807, 2.05) is 30.6 Å². The first-order valence-electron chi connectivity index (χ1n) is 5.42. The van der Waals surface area contributed by atoms with Crippen molar-refractivity contribution in [3.63, 3.8) is 0 Å². The van der Waals surface area contributed by atoms with Gasteiger partial charge in [-0.05, 0) is 6.07 Å². The number of hydrogen-bond acceptors (Lipinski definition) is 5. The van der Waals surface area contributed by atoms with Gasteiger partial charge in [-0.2, -0.15) is 0 Å². The maximum absolute atomic E-state index is 5.76. The van der Waals surface area contributed by atoms with Gasteiger partial charge < -0.3 is 15.2 Å². The third-order valence-electron chi connectivity index (χ3n) is 2.79. The van der Waals surface area contributed by atoms with Crippen molar-refractivity contribution in [2.75, 3.05) is 23.7 Å². The minimum absolute atomic E-state index is 0.341. The number of aromatic nitrogens is 1. The van der Waals surface area contributed by atoms with Gasteiger partial charge in [0.1, 0.15) is 0 Å². The van der Waals surface area contributed by atoms with Gasteiger partial charge in [0.05, 0.1) is 30.3 Å². The summed E-state index contributed by atoms with van der Waals surface area (Å²) < 4.78 is 4.91. The highest BCUT2D eigenvalue weighted by Gasteiger charge is 2.16. The topological polar surface area (TPSA) is 67.7 Å². The van der Waals surface area contributed by atoms with Gasteiger partial charge in [0.15, 0.2) is 0 Å². The van der Waals surface area contributed by atoms with Crippen molar-refractivity contribution in [1.82, 2.24) is 5.16 Å². The molecule has 2 aromatic rings. The molecule has 86 valence electrons. The normalized spacial score (nSPS) is 14.5. The van der Waals surface area contributed by atoms with Crippen LogP contribution in [0.5, 0.6) is 0 Å². The lowest BCUT2D eigenvalue weighted by molar-refractivity contribution is 0.436. The van der Waals surface area contributed by atoms with Crippen LogP contribution in [0.2, 0.25) is 0 Å². The first-order valence-corrected chi connectivity index (χ1v) is 5.42. The summed E-state index contributed by atoms with van der Waals surface area (Å²) in [4.78, 5) is 6.32. The van der Waals surface area contributed by atoms with E-state index in [2.05, 4.69) is 15.0 Å². The summed E-state index contributed by atoms with van der Waals surface area (Å²) in [5.41, 5.74) is 8.67. The first-order chi connectivity index (χ1) is 8.36. The van der Waals surface area contributed by atoms with Crippen molar-refractivity contribution in [3.05, 3.63) is 30.5 Å². The minimum Gasteiger partial charge on any atom is -0.367 e. The molecule has 1 aliphatic rings. The first kappa shape index (κ1) is 9.89. The third kappa shape index (κ3) is 1.65. The Bertz CT molecular complexity index is 561. The Hall–Kier alpha value is -2.30. The molecular formula is C12H12N4O. The van der Waals surface area contributed by atoms with Crippen molar-refractivity contribution in [1.29, 1.82) is 0 Å². The van der Waals surface area contributed by atoms with Crippen LogP contribution < -0.4 is 10.6 Å². The molecule has 0 fully saturated rings. The average Bonchev–Trinajstić information content (AvgIpc) is 3.00. The van der Waals surface area contributed by atoms with Crippen LogP contribution in [-0.2, 0) is 0 Å². The standard InChI is InChI=1S/C12H12N4O/c13-12-10(7-15-17-12)9-3-1-2-4-11(9)16-6-5-14-8-16/h1-4,7-8H,5-6,13H2. The van der Waals surface area contributed by atoms with E-state index < -0.39 is 0 Å². The number of benzene rings is 1. The van der Waals surface area contributed by atoms with Crippen LogP contribution >= 0.6 is 0 Å². The second-order valence-corrected chi connectivity index (χ2v) is 3.84. The highest BCUT2D eigenvalue weighted by Crippen LogP contribution is 2.34. The Labute approximate surface area is 98.5 Å². The summed E-state index contributed by atoms with van der Waals surface area (Å²) in [5, 5.41) is 3.71. The summed E-state index contributed by atoms with van der Waals surface area (Å²) >= 11 is 0. The molecule has 1 aliphatic heterocycles. The lowest BCUT2D eigenvalue weighted by atomic mass is 10.1. The van der Waals surface area contributed by atoms with E-state index in [1.54, 1.807) is 6.20 Å². The van der Waals surface area contributed by atoms with Crippen LogP contribution in [0.25, 0.3) is 11.1 Å². The Kier molecular flexibility index (Phi) is 2.29. The molecule has 2 heterocycles. The molecular weight excluding hydrogens is 216 g/mol. The Morgan fingerprint density at radius 1 is 1.24 bits per heavy atom. The Morgan fingerprint density at radius 3 is 2.82 bits per heavy atom. The minimum atomic E-state index is 0.341. The fourth-order valence-electron chi connectivity index (χ4n) is 1.96. The van der Waals surface area contributed by atoms with E-state index in [4.69, 9.17) is 10.3 Å². The van der Waals surface area contributed by atoms with Gasteiger partial charge in [0.2, 0.25) is 5.88 Å². The number of para-hydroxylation sites is 1. The molecule has 1 aromatic carbocycles. The van der Waals surface area contributed by atoms with Gasteiger partial charge in [0.25, 0.3) is 0 Å². The van der Waals surface area contributed by atoms with E-state index >= 15 is 0 Å². The smallest absolute Gasteiger partial charge is 0.230 e. The molecule has 0 saturated carbocycles. The summed E-state index contributed by atoms with van der Waals surface area (Å²) in [6.07, 6.45) is 3.49. The number of nitrogens with two attached hydrogens (primary N) is 1. The van der Waals surface area contributed by atoms with Gasteiger partial charge >= 0.3 is 0 Å². The van der Waals surface area contributed by atoms with Crippen LogP contribution in [-0.4, -0.2) is 24.6 Å². The van der Waals surface area contributed by atoms with Crippen molar-refractivity contribution in [2.45, 2.75) is 0 Å². The number of aliphatic imine (C=N–C) groups is 1. The molecule has 0 unspecified atom stereocenters. The van der Waals surface area contributed by atoms with Gasteiger partial charge in [-0.25, -0.2) is 0 Å². The van der Waals surface area contributed by atoms with Gasteiger partial charge in [0, 0.05) is 12.1 Å². The number of anilines is 2. The maximum Gasteiger partial charge on any atom is 0.230 e. The summed E-state index contributed by atoms with van der Waals surface area (Å²) in [7, 11) is 0. The van der Waals surface area contributed by atoms with Gasteiger partial charge in [-0.1, -0.05) is 23.4 Å². The van der Waals surface area contributed by atoms with Crippen LogP contribution in [0.4, 0.5) is 11.6 Å². The van der Waals surface area contributed by atoms with E-state index in [1.165, 1.54) is 0 Å². The molecule has 3 rings (SSSR count). The van der Waals surface area contributed by atoms with Crippen LogP contribution in [0.15, 0.2) is 40.0 Å². The molecule has 5 nitrogen and oxygen atoms in total. The van der Waals surface area contributed by atoms with E-state index in [0.29, 0.717) is 5.88 Å². The molecule has 0 amide bonds. The molecule has 17 heavy (non-hydrogen) atoms. The zero-order valence-corrected chi connectivity index (χ0v) is 9.21. The van der Waals surface area contributed by atoms with Crippen molar-refractivity contribution in [2.24, 2.45) is 4.99 Å². The number of nitrogen functional groups attached to an aromatic ring is 1. The molecule has 1 aromatic heterocycles. The molecule has 0 atom stereocenters. The number of rotatable bonds is 2. The lowest BCUT2D eigenvalue weighted by Crippen LogP contribution is -2.18. The van der Waals surface area contributed by atoms with Crippen molar-refractivity contribution in [3.8, 4) is 11.1 Å². The SMILES string of the molecule is Nc1oncc1-c1ccccc1N1C=NCC1. The summed E-state index contributed by atoms with van der Waals surface area (Å²) in [5.74, 6) is 0.341. The van der Waals surface area contributed by atoms with Crippen LogP contribution in [0, 0.1) is 0 Å². The monoisotopic (exact) mass is 228 g/mol. The van der Waals surface area contributed by atoms with Gasteiger partial charge in [-0.3, -0.25) is 4.99 Å². The van der Waals surface area contributed by atoms with Crippen LogP contribution in [0.3, 0.4) is 0 Å². The molecule has 0 aliphatic carbocycles. The average molecular weight is 228 g/mol. The van der Waals surface area contributed by atoms with Crippen LogP contribution in [0.1, 0.15) is 0 Å². The molecule has 5 heteroatoms. The van der Waals surface area contributed by atoms with Gasteiger partial charge in [-0.15, -0.1) is 0 Å². The zero-order chi connectivity index (χ0) is 11.7. The second kappa shape index (κ2) is 3.93. The highest BCUT2D eigenvalue weighted by molar-refractivity contribution is 5.91. The second-order valence-electron chi connectivity index (χ2n) is 3.84. The maximum atomic E-state index is 5.76. The Balaban J connectivity index is 2.10. The van der Waals surface area contributed by atoms with Crippen molar-refractivity contribution < 1.29 is 4.52 Å². The summed E-state index contributed by atoms with van der Waals surface area (Å²) in [6.45, 7) is 1.72. The number of nitrogens with zero attached hydrogens (tertiary/aromatic N) is 3. The Morgan fingerprint density at radius 2 is 2.12 bits per heavy atom. The van der Waals surface area contributed by atoms with E-state index in [0.717, 1.165) is 29.9 Å². The quantitative estimate of drug-likeness (QED) is 0.850. The molecule has 2 N–H and O–H groups in total. The highest BCUT2D eigenvalue weighted by atomic mass is 16.5. The lowest BCUT2D eigenvalue weighted by Gasteiger charge is -2.17. The number of hydrogen-bond donors (Lipinski definition) is 1. The van der Waals surface area contributed by atoms with E-state index in [9.17, 15) is 0 Å². The molecule has 0 saturated heterocycles. The fraction of sp³-hybridized carbons (Fsp3) is 0.167. The predicted octanol–water partition coefficient (Wildman–Crippen LogP) is 1.77. The molecule has 0 spiro atoms. The molecule has 0 bridgehead atoms. The molecule has 0 radical (unpaired) electrons. The van der Waals surface area contributed by atoms with Crippen molar-refractivity contribution >= 4 is 17.9 Å². The third-order valence-corrected chi connectivity index (χ3v) is 2.79. The predicted molar refractivity (Wildman–Crippen MR) is 67.1 cm³/mol. The van der Waals surface area contributed by atoms with E-state index in [-0.39, 0.29) is 0 Å². The zero-order valence-electron chi connectivity index (χ0n) is 9.21. The fourth-order valence-corrected chi connectivity index (χ4v) is 1.96. The largest absolute Gasteiger partial charge is 0.367 e.